The van der Waals surface area contributed by atoms with Crippen LogP contribution in [-0.4, -0.2) is 67.3 Å². The molecule has 0 N–H and O–H groups in total. The lowest BCUT2D eigenvalue weighted by Crippen LogP contribution is -2.49. The van der Waals surface area contributed by atoms with E-state index in [1.54, 1.807) is 6.07 Å². The molecular formula is C26H31FN4O2. The predicted octanol–water partition coefficient (Wildman–Crippen LogP) is 3.54. The van der Waals surface area contributed by atoms with Gasteiger partial charge in [-0.3, -0.25) is 9.69 Å². The average Bonchev–Trinajstić information content (AvgIpc) is 2.83. The first-order chi connectivity index (χ1) is 16.0. The molecule has 6 nitrogen and oxygen atoms in total. The molecule has 1 aliphatic carbocycles. The molecule has 174 valence electrons. The summed E-state index contributed by atoms with van der Waals surface area (Å²) in [5.74, 6) is 0.537. The van der Waals surface area contributed by atoms with E-state index in [-0.39, 0.29) is 17.6 Å². The summed E-state index contributed by atoms with van der Waals surface area (Å²) in [6.07, 6.45) is 2.12. The van der Waals surface area contributed by atoms with Gasteiger partial charge in [0.25, 0.3) is 0 Å². The predicted molar refractivity (Wildman–Crippen MR) is 127 cm³/mol. The number of hydrogen-bond donors (Lipinski definition) is 0. The third-order valence-corrected chi connectivity index (χ3v) is 7.10. The molecule has 0 aromatic heterocycles. The van der Waals surface area contributed by atoms with Crippen LogP contribution in [0.3, 0.4) is 0 Å². The number of carbonyl (C=O) groups is 1. The number of hydrazone groups is 1. The van der Waals surface area contributed by atoms with E-state index in [0.29, 0.717) is 24.8 Å². The van der Waals surface area contributed by atoms with Crippen molar-refractivity contribution in [3.8, 4) is 5.75 Å². The van der Waals surface area contributed by atoms with Gasteiger partial charge in [-0.15, -0.1) is 0 Å². The number of piperazine rings is 1. The van der Waals surface area contributed by atoms with Crippen molar-refractivity contribution < 1.29 is 13.9 Å². The Labute approximate surface area is 194 Å². The second-order valence-electron chi connectivity index (χ2n) is 9.43. The number of aryl methyl sites for hydroxylation is 1. The first-order valence-electron chi connectivity index (χ1n) is 11.8. The molecule has 5 rings (SSSR count). The van der Waals surface area contributed by atoms with Crippen molar-refractivity contribution in [2.75, 3.05) is 44.8 Å². The highest BCUT2D eigenvalue weighted by Gasteiger charge is 2.34. The number of fused-ring (bicyclic) bond motifs is 3. The van der Waals surface area contributed by atoms with Gasteiger partial charge in [0.1, 0.15) is 18.2 Å². The van der Waals surface area contributed by atoms with E-state index >= 15 is 0 Å². The maximum absolute atomic E-state index is 13.9. The fraction of sp³-hybridized carbons (Fsp3) is 0.462. The molecule has 2 heterocycles. The Morgan fingerprint density at radius 3 is 2.64 bits per heavy atom. The molecule has 0 radical (unpaired) electrons. The smallest absolute Gasteiger partial charge is 0.248 e. The summed E-state index contributed by atoms with van der Waals surface area (Å²) in [5, 5.41) is 6.15. The SMILES string of the molecule is CC(COc1ccc(N2N=C3c4cc(F)ccc4CCC3CC2=O)cc1)N1CCN(C)CC1. The van der Waals surface area contributed by atoms with Crippen LogP contribution in [0.15, 0.2) is 47.6 Å². The van der Waals surface area contributed by atoms with Gasteiger partial charge in [0, 0.05) is 50.1 Å². The fourth-order valence-electron chi connectivity index (χ4n) is 4.96. The largest absolute Gasteiger partial charge is 0.492 e. The van der Waals surface area contributed by atoms with Crippen molar-refractivity contribution in [3.05, 3.63) is 59.4 Å². The summed E-state index contributed by atoms with van der Waals surface area (Å²) in [7, 11) is 2.16. The summed E-state index contributed by atoms with van der Waals surface area (Å²) in [5.41, 5.74) is 3.45. The van der Waals surface area contributed by atoms with Crippen LogP contribution in [0.25, 0.3) is 0 Å². The topological polar surface area (TPSA) is 48.4 Å². The summed E-state index contributed by atoms with van der Waals surface area (Å²) < 4.78 is 19.9. The lowest BCUT2D eigenvalue weighted by Gasteiger charge is -2.36. The molecule has 0 saturated carbocycles. The molecule has 1 saturated heterocycles. The third-order valence-electron chi connectivity index (χ3n) is 7.10. The van der Waals surface area contributed by atoms with Crippen molar-refractivity contribution in [2.24, 2.45) is 11.0 Å². The number of benzene rings is 2. The quantitative estimate of drug-likeness (QED) is 0.699. The number of carbonyl (C=O) groups excluding carboxylic acids is 1. The van der Waals surface area contributed by atoms with E-state index < -0.39 is 0 Å². The van der Waals surface area contributed by atoms with E-state index in [1.165, 1.54) is 11.1 Å². The van der Waals surface area contributed by atoms with E-state index in [2.05, 4.69) is 23.8 Å². The van der Waals surface area contributed by atoms with Gasteiger partial charge in [0.15, 0.2) is 0 Å². The molecular weight excluding hydrogens is 419 g/mol. The molecule has 7 heteroatoms. The Kier molecular flexibility index (Phi) is 6.17. The molecule has 33 heavy (non-hydrogen) atoms. The van der Waals surface area contributed by atoms with Crippen molar-refractivity contribution in [1.82, 2.24) is 9.80 Å². The van der Waals surface area contributed by atoms with Crippen molar-refractivity contribution in [3.63, 3.8) is 0 Å². The summed E-state index contributed by atoms with van der Waals surface area (Å²) in [6.45, 7) is 7.12. The average molecular weight is 451 g/mol. The second kappa shape index (κ2) is 9.23. The Balaban J connectivity index is 1.28. The standard InChI is InChI=1S/C26H31FN4O2/c1-18(30-13-11-29(2)12-14-30)17-33-23-9-7-22(8-10-23)31-25(32)15-20-4-3-19-5-6-21(27)16-24(19)26(20)28-31/h5-10,16,18,20H,3-4,11-15,17H2,1-2H3. The number of hydrogen-bond acceptors (Lipinski definition) is 5. The molecule has 1 fully saturated rings. The van der Waals surface area contributed by atoms with Crippen LogP contribution in [0.2, 0.25) is 0 Å². The Morgan fingerprint density at radius 1 is 1.12 bits per heavy atom. The number of halogens is 1. The minimum absolute atomic E-state index is 0.0269. The zero-order valence-corrected chi connectivity index (χ0v) is 19.3. The lowest BCUT2D eigenvalue weighted by molar-refractivity contribution is -0.119. The maximum Gasteiger partial charge on any atom is 0.248 e. The van der Waals surface area contributed by atoms with Crippen LogP contribution >= 0.6 is 0 Å². The summed E-state index contributed by atoms with van der Waals surface area (Å²) >= 11 is 0. The molecule has 3 aliphatic rings. The molecule has 2 aromatic carbocycles. The van der Waals surface area contributed by atoms with Crippen molar-refractivity contribution >= 4 is 17.3 Å². The number of likely N-dealkylation sites (N-methyl/N-ethyl adjacent to an activating group) is 1. The molecule has 1 amide bonds. The number of nitrogens with zero attached hydrogens (tertiary/aromatic N) is 4. The summed E-state index contributed by atoms with van der Waals surface area (Å²) in [6, 6.07) is 12.7. The van der Waals surface area contributed by atoms with Gasteiger partial charge in [-0.1, -0.05) is 6.07 Å². The number of amides is 1. The monoisotopic (exact) mass is 450 g/mol. The van der Waals surface area contributed by atoms with E-state index in [0.717, 1.165) is 61.6 Å². The van der Waals surface area contributed by atoms with Gasteiger partial charge in [0.2, 0.25) is 5.91 Å². The van der Waals surface area contributed by atoms with E-state index in [4.69, 9.17) is 9.84 Å². The van der Waals surface area contributed by atoms with Gasteiger partial charge in [-0.25, -0.2) is 9.40 Å². The number of ether oxygens (including phenoxy) is 1. The first kappa shape index (κ1) is 22.0. The van der Waals surface area contributed by atoms with Crippen LogP contribution in [-0.2, 0) is 11.2 Å². The van der Waals surface area contributed by atoms with Gasteiger partial charge >= 0.3 is 0 Å². The lowest BCUT2D eigenvalue weighted by atomic mass is 9.79. The van der Waals surface area contributed by atoms with Crippen LogP contribution in [0, 0.1) is 11.7 Å². The Bertz CT molecular complexity index is 1050. The minimum Gasteiger partial charge on any atom is -0.492 e. The molecule has 2 unspecified atom stereocenters. The fourth-order valence-corrected chi connectivity index (χ4v) is 4.96. The second-order valence-corrected chi connectivity index (χ2v) is 9.43. The highest BCUT2D eigenvalue weighted by Crippen LogP contribution is 2.34. The zero-order valence-electron chi connectivity index (χ0n) is 19.3. The normalized spacial score (nSPS) is 22.4. The zero-order chi connectivity index (χ0) is 22.9. The van der Waals surface area contributed by atoms with Gasteiger partial charge in [-0.05, 0) is 68.8 Å². The van der Waals surface area contributed by atoms with Crippen LogP contribution in [0.1, 0.15) is 30.9 Å². The highest BCUT2D eigenvalue weighted by molar-refractivity contribution is 6.11. The number of anilines is 1. The van der Waals surface area contributed by atoms with Crippen LogP contribution in [0.4, 0.5) is 10.1 Å². The van der Waals surface area contributed by atoms with Crippen LogP contribution in [0.5, 0.6) is 5.75 Å². The maximum atomic E-state index is 13.9. The molecule has 2 atom stereocenters. The molecule has 0 spiro atoms. The van der Waals surface area contributed by atoms with E-state index in [1.807, 2.05) is 30.3 Å². The minimum atomic E-state index is -0.271. The van der Waals surface area contributed by atoms with Gasteiger partial charge in [0.05, 0.1) is 11.4 Å². The Morgan fingerprint density at radius 2 is 1.88 bits per heavy atom. The van der Waals surface area contributed by atoms with Crippen molar-refractivity contribution in [2.45, 2.75) is 32.2 Å². The molecule has 2 aromatic rings. The van der Waals surface area contributed by atoms with Crippen LogP contribution < -0.4 is 9.75 Å². The van der Waals surface area contributed by atoms with E-state index in [9.17, 15) is 9.18 Å². The van der Waals surface area contributed by atoms with Gasteiger partial charge < -0.3 is 9.64 Å². The molecule has 2 aliphatic heterocycles. The highest BCUT2D eigenvalue weighted by atomic mass is 19.1. The first-order valence-corrected chi connectivity index (χ1v) is 11.8. The Hall–Kier alpha value is -2.77. The summed E-state index contributed by atoms with van der Waals surface area (Å²) in [4.78, 5) is 17.6. The van der Waals surface area contributed by atoms with Gasteiger partial charge in [-0.2, -0.15) is 5.10 Å². The third kappa shape index (κ3) is 4.66. The molecule has 0 bridgehead atoms. The van der Waals surface area contributed by atoms with Crippen molar-refractivity contribution in [1.29, 1.82) is 0 Å². The number of rotatable bonds is 5.